The van der Waals surface area contributed by atoms with Crippen LogP contribution in [0.4, 0.5) is 0 Å². The van der Waals surface area contributed by atoms with Crippen LogP contribution in [0.3, 0.4) is 0 Å². The first-order valence-electron chi connectivity index (χ1n) is 7.72. The fourth-order valence-electron chi connectivity index (χ4n) is 3.32. The molecule has 0 aromatic heterocycles. The fourth-order valence-corrected chi connectivity index (χ4v) is 3.32. The largest absolute Gasteiger partial charge is 0.480 e. The Morgan fingerprint density at radius 3 is 2.64 bits per heavy atom. The Morgan fingerprint density at radius 1 is 1.59 bits per heavy atom. The fraction of sp³-hybridized carbons (Fsp3) is 0.750. The first-order chi connectivity index (χ1) is 10.3. The predicted molar refractivity (Wildman–Crippen MR) is 84.6 cm³/mol. The Bertz CT molecular complexity index is 426. The summed E-state index contributed by atoms with van der Waals surface area (Å²) in [4.78, 5) is 22.9. The van der Waals surface area contributed by atoms with Crippen LogP contribution >= 0.6 is 0 Å². The van der Waals surface area contributed by atoms with Gasteiger partial charge in [0.1, 0.15) is 6.04 Å². The normalized spacial score (nSPS) is 28.6. The lowest BCUT2D eigenvalue weighted by molar-refractivity contribution is -0.139. The van der Waals surface area contributed by atoms with Gasteiger partial charge in [0, 0.05) is 20.1 Å². The van der Waals surface area contributed by atoms with Crippen LogP contribution < -0.4 is 10.6 Å². The van der Waals surface area contributed by atoms with E-state index in [4.69, 9.17) is 4.74 Å². The summed E-state index contributed by atoms with van der Waals surface area (Å²) in [5, 5.41) is 15.3. The van der Waals surface area contributed by atoms with Crippen molar-refractivity contribution < 1.29 is 19.4 Å². The molecule has 0 aromatic carbocycles. The Balaban J connectivity index is 3.11. The van der Waals surface area contributed by atoms with Gasteiger partial charge in [-0.15, -0.1) is 6.58 Å². The van der Waals surface area contributed by atoms with Crippen molar-refractivity contribution in [3.05, 3.63) is 12.7 Å². The van der Waals surface area contributed by atoms with Gasteiger partial charge in [-0.25, -0.2) is 0 Å². The number of hydrogen-bond donors (Lipinski definition) is 3. The van der Waals surface area contributed by atoms with E-state index in [0.717, 1.165) is 12.8 Å². The van der Waals surface area contributed by atoms with Gasteiger partial charge in [0.25, 0.3) is 0 Å². The van der Waals surface area contributed by atoms with Crippen LogP contribution in [0.2, 0.25) is 0 Å². The highest BCUT2D eigenvalue weighted by molar-refractivity contribution is 5.75. The Kier molecular flexibility index (Phi) is 6.56. The zero-order valence-electron chi connectivity index (χ0n) is 13.9. The maximum absolute atomic E-state index is 11.7. The standard InChI is InChI=1S/C16H28N2O4/c1-6-8-16(4,22-5)14(17-10(3)19)13-11(7-2)9-12(18-13)15(20)21/h7,11-14,18H,2,6,8-9H2,1,3-5H3,(H,17,19)(H,20,21)/t11-,12-,13-,14-,16+/m1/s1. The van der Waals surface area contributed by atoms with Gasteiger partial charge in [-0.1, -0.05) is 19.4 Å². The molecule has 0 bridgehead atoms. The molecule has 1 rings (SSSR count). The summed E-state index contributed by atoms with van der Waals surface area (Å²) in [6.07, 6.45) is 3.88. The summed E-state index contributed by atoms with van der Waals surface area (Å²) in [6, 6.07) is -1.19. The van der Waals surface area contributed by atoms with Gasteiger partial charge in [-0.05, 0) is 25.7 Å². The van der Waals surface area contributed by atoms with Crippen molar-refractivity contribution in [2.45, 2.75) is 63.8 Å². The van der Waals surface area contributed by atoms with Gasteiger partial charge in [-0.3, -0.25) is 14.9 Å². The van der Waals surface area contributed by atoms with E-state index in [1.807, 2.05) is 6.92 Å². The van der Waals surface area contributed by atoms with Gasteiger partial charge in [0.05, 0.1) is 11.6 Å². The predicted octanol–water partition coefficient (Wildman–Crippen LogP) is 1.31. The number of rotatable bonds is 8. The number of carboxylic acid groups (broad SMARTS) is 1. The molecule has 0 radical (unpaired) electrons. The van der Waals surface area contributed by atoms with E-state index >= 15 is 0 Å². The molecule has 1 amide bonds. The van der Waals surface area contributed by atoms with Crippen molar-refractivity contribution in [1.82, 2.24) is 10.6 Å². The molecular weight excluding hydrogens is 284 g/mol. The van der Waals surface area contributed by atoms with Gasteiger partial charge in [0.15, 0.2) is 0 Å². The molecule has 1 aliphatic rings. The van der Waals surface area contributed by atoms with Crippen molar-refractivity contribution in [2.24, 2.45) is 5.92 Å². The molecule has 6 heteroatoms. The molecule has 0 unspecified atom stereocenters. The summed E-state index contributed by atoms with van der Waals surface area (Å²) in [6.45, 7) is 9.28. The molecule has 0 spiro atoms. The molecule has 0 aromatic rings. The van der Waals surface area contributed by atoms with Crippen LogP contribution in [0.15, 0.2) is 12.7 Å². The monoisotopic (exact) mass is 312 g/mol. The smallest absolute Gasteiger partial charge is 0.320 e. The second-order valence-corrected chi connectivity index (χ2v) is 6.16. The second kappa shape index (κ2) is 7.74. The Hall–Kier alpha value is -1.40. The molecular formula is C16H28N2O4. The molecule has 1 fully saturated rings. The number of carboxylic acids is 1. The van der Waals surface area contributed by atoms with Crippen LogP contribution in [0, 0.1) is 5.92 Å². The number of carbonyl (C=O) groups excluding carboxylic acids is 1. The zero-order valence-corrected chi connectivity index (χ0v) is 13.9. The molecule has 0 saturated carbocycles. The average Bonchev–Trinajstić information content (AvgIpc) is 2.88. The Morgan fingerprint density at radius 2 is 2.23 bits per heavy atom. The molecule has 126 valence electrons. The van der Waals surface area contributed by atoms with E-state index < -0.39 is 17.6 Å². The molecule has 22 heavy (non-hydrogen) atoms. The van der Waals surface area contributed by atoms with Gasteiger partial charge < -0.3 is 15.2 Å². The number of carbonyl (C=O) groups is 2. The number of methoxy groups -OCH3 is 1. The van der Waals surface area contributed by atoms with Crippen LogP contribution in [0.25, 0.3) is 0 Å². The topological polar surface area (TPSA) is 87.7 Å². The minimum Gasteiger partial charge on any atom is -0.480 e. The highest BCUT2D eigenvalue weighted by Gasteiger charge is 2.47. The molecule has 3 N–H and O–H groups in total. The van der Waals surface area contributed by atoms with Gasteiger partial charge in [0.2, 0.25) is 5.91 Å². The minimum absolute atomic E-state index is 0.0377. The van der Waals surface area contributed by atoms with Crippen LogP contribution in [0.5, 0.6) is 0 Å². The summed E-state index contributed by atoms with van der Waals surface area (Å²) >= 11 is 0. The molecule has 1 aliphatic heterocycles. The van der Waals surface area contributed by atoms with E-state index in [-0.39, 0.29) is 23.9 Å². The van der Waals surface area contributed by atoms with Gasteiger partial charge >= 0.3 is 5.97 Å². The third-order valence-corrected chi connectivity index (χ3v) is 4.55. The van der Waals surface area contributed by atoms with E-state index in [2.05, 4.69) is 24.1 Å². The van der Waals surface area contributed by atoms with Gasteiger partial charge in [-0.2, -0.15) is 0 Å². The summed E-state index contributed by atoms with van der Waals surface area (Å²) in [5.74, 6) is -1.08. The summed E-state index contributed by atoms with van der Waals surface area (Å²) in [5.41, 5.74) is -0.577. The third-order valence-electron chi connectivity index (χ3n) is 4.55. The van der Waals surface area contributed by atoms with E-state index in [1.54, 1.807) is 13.2 Å². The van der Waals surface area contributed by atoms with Crippen molar-refractivity contribution in [1.29, 1.82) is 0 Å². The minimum atomic E-state index is -0.884. The number of nitrogens with one attached hydrogen (secondary N) is 2. The lowest BCUT2D eigenvalue weighted by atomic mass is 9.81. The number of ether oxygens (including phenoxy) is 1. The summed E-state index contributed by atoms with van der Waals surface area (Å²) in [7, 11) is 1.62. The van der Waals surface area contributed by atoms with Crippen LogP contribution in [0.1, 0.15) is 40.0 Å². The SMILES string of the molecule is C=C[C@@H]1C[C@H](C(=O)O)N[C@H]1[C@@H](NC(C)=O)[C@](C)(CCC)OC. The van der Waals surface area contributed by atoms with Crippen molar-refractivity contribution in [2.75, 3.05) is 7.11 Å². The number of hydrogen-bond acceptors (Lipinski definition) is 4. The van der Waals surface area contributed by atoms with Crippen LogP contribution in [-0.2, 0) is 14.3 Å². The van der Waals surface area contributed by atoms with Crippen molar-refractivity contribution >= 4 is 11.9 Å². The molecule has 6 nitrogen and oxygen atoms in total. The molecule has 5 atom stereocenters. The maximum atomic E-state index is 11.7. The maximum Gasteiger partial charge on any atom is 0.320 e. The zero-order chi connectivity index (χ0) is 16.9. The average molecular weight is 312 g/mol. The van der Waals surface area contributed by atoms with Crippen molar-refractivity contribution in [3.8, 4) is 0 Å². The quantitative estimate of drug-likeness (QED) is 0.588. The summed E-state index contributed by atoms with van der Waals surface area (Å²) < 4.78 is 5.71. The molecule has 1 heterocycles. The number of aliphatic carboxylic acids is 1. The van der Waals surface area contributed by atoms with Crippen LogP contribution in [-0.4, -0.2) is 47.8 Å². The molecule has 1 saturated heterocycles. The highest BCUT2D eigenvalue weighted by Crippen LogP contribution is 2.32. The van der Waals surface area contributed by atoms with E-state index in [0.29, 0.717) is 6.42 Å². The lowest BCUT2D eigenvalue weighted by Gasteiger charge is -2.41. The first-order valence-corrected chi connectivity index (χ1v) is 7.72. The third kappa shape index (κ3) is 4.08. The van der Waals surface area contributed by atoms with Crippen molar-refractivity contribution in [3.63, 3.8) is 0 Å². The van der Waals surface area contributed by atoms with E-state index in [1.165, 1.54) is 6.92 Å². The van der Waals surface area contributed by atoms with E-state index in [9.17, 15) is 14.7 Å². The lowest BCUT2D eigenvalue weighted by Crippen LogP contribution is -2.62. The first kappa shape index (κ1) is 18.6. The highest BCUT2D eigenvalue weighted by atomic mass is 16.5. The Labute approximate surface area is 132 Å². The second-order valence-electron chi connectivity index (χ2n) is 6.16. The number of amides is 1. The molecule has 0 aliphatic carbocycles.